The van der Waals surface area contributed by atoms with Crippen molar-refractivity contribution < 1.29 is 13.2 Å². The van der Waals surface area contributed by atoms with Crippen LogP contribution in [0.2, 0.25) is 0 Å². The maximum absolute atomic E-state index is 11.7. The predicted molar refractivity (Wildman–Crippen MR) is 30.6 cm³/mol. The molecule has 0 fully saturated rings. The van der Waals surface area contributed by atoms with Crippen LogP contribution in [0.5, 0.6) is 0 Å². The molecule has 0 amide bonds. The maximum atomic E-state index is 11.7. The average molecular weight is 161 g/mol. The first kappa shape index (κ1) is 7.97. The number of alkyl halides is 3. The van der Waals surface area contributed by atoms with Crippen LogP contribution in [0, 0.1) is 6.07 Å². The fourth-order valence-corrected chi connectivity index (χ4v) is 0.598. The topological polar surface area (TPSA) is 25.8 Å². The Morgan fingerprint density at radius 1 is 1.36 bits per heavy atom. The fraction of sp³-hybridized carbons (Fsp3) is 0.333. The number of nitrogens with zero attached hydrogens (tertiary/aromatic N) is 2. The summed E-state index contributed by atoms with van der Waals surface area (Å²) in [5.41, 5.74) is 0.00694. The molecule has 0 saturated carbocycles. The van der Waals surface area contributed by atoms with Gasteiger partial charge in [0.2, 0.25) is 0 Å². The molecule has 1 aromatic rings. The number of hydrogen-bond donors (Lipinski definition) is 0. The molecule has 0 spiro atoms. The van der Waals surface area contributed by atoms with Crippen LogP contribution in [0.4, 0.5) is 13.2 Å². The maximum Gasteiger partial charge on any atom is 0.393 e. The lowest BCUT2D eigenvalue weighted by Gasteiger charge is -2.03. The molecule has 0 bridgehead atoms. The first-order valence-corrected chi connectivity index (χ1v) is 2.82. The van der Waals surface area contributed by atoms with E-state index in [2.05, 4.69) is 16.3 Å². The third-order valence-electron chi connectivity index (χ3n) is 0.979. The third-order valence-corrected chi connectivity index (χ3v) is 0.979. The van der Waals surface area contributed by atoms with E-state index in [4.69, 9.17) is 0 Å². The summed E-state index contributed by atoms with van der Waals surface area (Å²) in [6.45, 7) is 0. The van der Waals surface area contributed by atoms with Gasteiger partial charge in [-0.05, 0) is 5.56 Å². The Labute approximate surface area is 61.1 Å². The molecule has 1 heterocycles. The van der Waals surface area contributed by atoms with Crippen molar-refractivity contribution in [3.8, 4) is 0 Å². The highest BCUT2D eigenvalue weighted by Crippen LogP contribution is 2.19. The number of aromatic nitrogens is 2. The van der Waals surface area contributed by atoms with E-state index in [1.54, 1.807) is 0 Å². The Morgan fingerprint density at radius 2 is 2.09 bits per heavy atom. The Balaban J connectivity index is 2.66. The highest BCUT2D eigenvalue weighted by Gasteiger charge is 2.27. The van der Waals surface area contributed by atoms with Crippen LogP contribution in [0.1, 0.15) is 5.56 Å². The average Bonchev–Trinajstić information content (AvgIpc) is 1.85. The molecule has 0 atom stereocenters. The molecule has 1 rings (SSSR count). The Hall–Kier alpha value is -1.13. The molecular formula is C6H4F3N2. The third kappa shape index (κ3) is 2.97. The molecule has 0 unspecified atom stereocenters. The van der Waals surface area contributed by atoms with Gasteiger partial charge in [-0.2, -0.15) is 23.4 Å². The lowest BCUT2D eigenvalue weighted by atomic mass is 10.2. The second-order valence-corrected chi connectivity index (χ2v) is 1.95. The van der Waals surface area contributed by atoms with Crippen molar-refractivity contribution in [2.24, 2.45) is 0 Å². The molecule has 59 valence electrons. The Kier molecular flexibility index (Phi) is 2.07. The molecule has 1 aromatic heterocycles. The van der Waals surface area contributed by atoms with Crippen LogP contribution >= 0.6 is 0 Å². The predicted octanol–water partition coefficient (Wildman–Crippen LogP) is 1.38. The molecule has 0 N–H and O–H groups in total. The molecule has 0 aromatic carbocycles. The van der Waals surface area contributed by atoms with Crippen molar-refractivity contribution in [3.05, 3.63) is 24.0 Å². The summed E-state index contributed by atoms with van der Waals surface area (Å²) in [7, 11) is 0. The first-order valence-electron chi connectivity index (χ1n) is 2.82. The lowest BCUT2D eigenvalue weighted by molar-refractivity contribution is -0.127. The van der Waals surface area contributed by atoms with Gasteiger partial charge in [0, 0.05) is 6.07 Å². The molecule has 0 aliphatic heterocycles. The van der Waals surface area contributed by atoms with E-state index in [-0.39, 0.29) is 5.56 Å². The van der Waals surface area contributed by atoms with Gasteiger partial charge in [0.05, 0.1) is 18.8 Å². The molecule has 0 saturated heterocycles. The van der Waals surface area contributed by atoms with E-state index >= 15 is 0 Å². The smallest absolute Gasteiger partial charge is 0.171 e. The zero-order valence-electron chi connectivity index (χ0n) is 5.39. The molecule has 2 nitrogen and oxygen atoms in total. The van der Waals surface area contributed by atoms with E-state index < -0.39 is 12.6 Å². The van der Waals surface area contributed by atoms with Crippen LogP contribution in [0.25, 0.3) is 0 Å². The van der Waals surface area contributed by atoms with E-state index in [1.165, 1.54) is 0 Å². The van der Waals surface area contributed by atoms with E-state index in [0.29, 0.717) is 0 Å². The number of rotatable bonds is 1. The fourth-order valence-electron chi connectivity index (χ4n) is 0.598. The van der Waals surface area contributed by atoms with E-state index in [0.717, 1.165) is 12.4 Å². The van der Waals surface area contributed by atoms with Gasteiger partial charge in [0.1, 0.15) is 0 Å². The highest BCUT2D eigenvalue weighted by atomic mass is 19.4. The van der Waals surface area contributed by atoms with Gasteiger partial charge in [-0.1, -0.05) is 0 Å². The van der Waals surface area contributed by atoms with Crippen LogP contribution in [-0.4, -0.2) is 16.4 Å². The van der Waals surface area contributed by atoms with Crippen molar-refractivity contribution in [2.45, 2.75) is 12.6 Å². The number of halogens is 3. The monoisotopic (exact) mass is 161 g/mol. The standard InChI is InChI=1S/C6H4F3N2/c7-6(8,9)3-5-1-2-10-11-4-5/h2,4H,3H2. The molecule has 5 heteroatoms. The van der Waals surface area contributed by atoms with Crippen molar-refractivity contribution in [2.75, 3.05) is 0 Å². The SMILES string of the molecule is FC(F)(F)Cc1[c]cnnc1. The normalized spacial score (nSPS) is 11.5. The summed E-state index contributed by atoms with van der Waals surface area (Å²) >= 11 is 0. The Bertz CT molecular complexity index is 219. The quantitative estimate of drug-likeness (QED) is 0.621. The van der Waals surface area contributed by atoms with Gasteiger partial charge in [-0.15, -0.1) is 0 Å². The zero-order chi connectivity index (χ0) is 8.32. The molecule has 1 radical (unpaired) electrons. The van der Waals surface area contributed by atoms with Gasteiger partial charge in [0.15, 0.2) is 0 Å². The molecular weight excluding hydrogens is 157 g/mol. The Morgan fingerprint density at radius 3 is 2.55 bits per heavy atom. The second kappa shape index (κ2) is 2.86. The van der Waals surface area contributed by atoms with Crippen molar-refractivity contribution in [1.29, 1.82) is 0 Å². The summed E-state index contributed by atoms with van der Waals surface area (Å²) < 4.78 is 35.0. The molecule has 0 aliphatic rings. The minimum atomic E-state index is -4.19. The molecule has 0 aliphatic carbocycles. The van der Waals surface area contributed by atoms with Gasteiger partial charge >= 0.3 is 6.18 Å². The minimum absolute atomic E-state index is 0.00694. The van der Waals surface area contributed by atoms with Gasteiger partial charge in [0.25, 0.3) is 0 Å². The first-order chi connectivity index (χ1) is 5.08. The van der Waals surface area contributed by atoms with Gasteiger partial charge in [-0.3, -0.25) is 0 Å². The highest BCUT2D eigenvalue weighted by molar-refractivity contribution is 5.04. The summed E-state index contributed by atoms with van der Waals surface area (Å²) in [4.78, 5) is 0. The summed E-state index contributed by atoms with van der Waals surface area (Å²) in [6, 6.07) is 2.33. The van der Waals surface area contributed by atoms with Gasteiger partial charge in [-0.25, -0.2) is 0 Å². The summed E-state index contributed by atoms with van der Waals surface area (Å²) in [5.74, 6) is 0. The van der Waals surface area contributed by atoms with E-state index in [9.17, 15) is 13.2 Å². The van der Waals surface area contributed by atoms with E-state index in [1.807, 2.05) is 0 Å². The summed E-state index contributed by atoms with van der Waals surface area (Å²) in [5, 5.41) is 6.59. The zero-order valence-corrected chi connectivity index (χ0v) is 5.39. The van der Waals surface area contributed by atoms with Crippen LogP contribution in [-0.2, 0) is 6.42 Å². The number of hydrogen-bond acceptors (Lipinski definition) is 2. The van der Waals surface area contributed by atoms with Crippen molar-refractivity contribution in [3.63, 3.8) is 0 Å². The van der Waals surface area contributed by atoms with Crippen LogP contribution in [0.3, 0.4) is 0 Å². The lowest BCUT2D eigenvalue weighted by Crippen LogP contribution is -2.11. The van der Waals surface area contributed by atoms with Crippen LogP contribution in [0.15, 0.2) is 12.4 Å². The van der Waals surface area contributed by atoms with Crippen LogP contribution < -0.4 is 0 Å². The second-order valence-electron chi connectivity index (χ2n) is 1.95. The van der Waals surface area contributed by atoms with Crippen molar-refractivity contribution >= 4 is 0 Å². The van der Waals surface area contributed by atoms with Gasteiger partial charge < -0.3 is 0 Å². The van der Waals surface area contributed by atoms with Crippen molar-refractivity contribution in [1.82, 2.24) is 10.2 Å². The molecule has 11 heavy (non-hydrogen) atoms. The summed E-state index contributed by atoms with van der Waals surface area (Å²) in [6.07, 6.45) is -3.03. The minimum Gasteiger partial charge on any atom is -0.171 e. The largest absolute Gasteiger partial charge is 0.393 e.